The van der Waals surface area contributed by atoms with Gasteiger partial charge in [-0.2, -0.15) is 9.83 Å². The zero-order valence-corrected chi connectivity index (χ0v) is 16.6. The molecule has 0 saturated heterocycles. The van der Waals surface area contributed by atoms with E-state index < -0.39 is 11.7 Å². The first-order chi connectivity index (χ1) is 12.6. The van der Waals surface area contributed by atoms with Crippen molar-refractivity contribution in [2.24, 2.45) is 0 Å². The topological polar surface area (TPSA) is 66.0 Å². The van der Waals surface area contributed by atoms with Crippen LogP contribution in [0.25, 0.3) is 5.69 Å². The number of pyridine rings is 1. The summed E-state index contributed by atoms with van der Waals surface area (Å²) in [7, 11) is 0. The van der Waals surface area contributed by atoms with Gasteiger partial charge in [0.2, 0.25) is 5.69 Å². The average Bonchev–Trinajstić information content (AvgIpc) is 2.79. The zero-order valence-electron chi connectivity index (χ0n) is 16.6. The van der Waals surface area contributed by atoms with Gasteiger partial charge in [0, 0.05) is 30.3 Å². The quantitative estimate of drug-likeness (QED) is 0.845. The van der Waals surface area contributed by atoms with Crippen molar-refractivity contribution in [3.63, 3.8) is 0 Å². The molecule has 1 amide bonds. The number of fused-ring (bicyclic) bond motifs is 3. The molecule has 0 radical (unpaired) electrons. The van der Waals surface area contributed by atoms with Gasteiger partial charge in [0.05, 0.1) is 17.9 Å². The first-order valence-electron chi connectivity index (χ1n) is 9.14. The van der Waals surface area contributed by atoms with Crippen LogP contribution >= 0.6 is 0 Å². The van der Waals surface area contributed by atoms with Gasteiger partial charge in [-0.05, 0) is 51.8 Å². The van der Waals surface area contributed by atoms with E-state index in [-0.39, 0.29) is 5.41 Å². The molecule has 1 aliphatic heterocycles. The number of ether oxygens (including phenoxy) is 1. The van der Waals surface area contributed by atoms with Crippen LogP contribution in [0.3, 0.4) is 0 Å². The maximum absolute atomic E-state index is 11.9. The number of carbonyl (C=O) groups is 1. The summed E-state index contributed by atoms with van der Waals surface area (Å²) >= 11 is 0. The van der Waals surface area contributed by atoms with Crippen molar-refractivity contribution in [3.05, 3.63) is 58.9 Å². The van der Waals surface area contributed by atoms with Crippen LogP contribution in [0.15, 0.2) is 36.5 Å². The monoisotopic (exact) mass is 364 g/mol. The highest BCUT2D eigenvalue weighted by Gasteiger charge is 2.43. The fourth-order valence-corrected chi connectivity index (χ4v) is 3.47. The van der Waals surface area contributed by atoms with E-state index in [2.05, 4.69) is 48.0 Å². The summed E-state index contributed by atoms with van der Waals surface area (Å²) < 4.78 is 7.48. The normalized spacial score (nSPS) is 14.1. The third-order valence-corrected chi connectivity index (χ3v) is 4.77. The van der Waals surface area contributed by atoms with Crippen LogP contribution in [0.1, 0.15) is 57.0 Å². The van der Waals surface area contributed by atoms with Crippen molar-refractivity contribution in [2.45, 2.75) is 58.6 Å². The van der Waals surface area contributed by atoms with Gasteiger partial charge in [0.15, 0.2) is 11.9 Å². The second-order valence-corrected chi connectivity index (χ2v) is 8.46. The Hall–Kier alpha value is -2.87. The molecule has 5 nitrogen and oxygen atoms in total. The van der Waals surface area contributed by atoms with Gasteiger partial charge < -0.3 is 10.1 Å². The summed E-state index contributed by atoms with van der Waals surface area (Å²) in [4.78, 5) is 11.9. The SMILES string of the molecule is CC(C)(C)OC(=O)NCc1ccc2c(c1)C(C)(C)c1cc(CC#N)cc[n+]1-2. The highest BCUT2D eigenvalue weighted by atomic mass is 16.6. The lowest BCUT2D eigenvalue weighted by molar-refractivity contribution is -0.599. The second-order valence-electron chi connectivity index (χ2n) is 8.46. The van der Waals surface area contributed by atoms with Crippen LogP contribution in [0.5, 0.6) is 0 Å². The van der Waals surface area contributed by atoms with E-state index in [0.29, 0.717) is 13.0 Å². The minimum atomic E-state index is -0.510. The van der Waals surface area contributed by atoms with Gasteiger partial charge in [0.25, 0.3) is 0 Å². The number of aromatic nitrogens is 1. The van der Waals surface area contributed by atoms with Crippen molar-refractivity contribution >= 4 is 6.09 Å². The molecule has 1 aliphatic rings. The standard InChI is InChI=1S/C22H25N3O2/c1-21(2,3)27-20(26)24-14-16-6-7-18-17(12-16)22(4,5)19-13-15(8-10-23)9-11-25(18)19/h6-7,9,11-13H,8,14H2,1-5H3/p+1. The minimum absolute atomic E-state index is 0.178. The summed E-state index contributed by atoms with van der Waals surface area (Å²) in [5.74, 6) is 0. The van der Waals surface area contributed by atoms with E-state index in [1.165, 1.54) is 11.3 Å². The summed E-state index contributed by atoms with van der Waals surface area (Å²) in [6, 6.07) is 12.6. The first kappa shape index (κ1) is 18.9. The molecule has 1 N–H and O–H groups in total. The van der Waals surface area contributed by atoms with Crippen LogP contribution in [0.4, 0.5) is 4.79 Å². The maximum Gasteiger partial charge on any atom is 0.407 e. The molecule has 2 aromatic rings. The van der Waals surface area contributed by atoms with Crippen LogP contribution in [0, 0.1) is 11.3 Å². The summed E-state index contributed by atoms with van der Waals surface area (Å²) in [5.41, 5.74) is 4.88. The number of hydrogen-bond acceptors (Lipinski definition) is 3. The molecule has 0 fully saturated rings. The molecule has 0 atom stereocenters. The van der Waals surface area contributed by atoms with E-state index in [9.17, 15) is 4.79 Å². The van der Waals surface area contributed by atoms with Crippen molar-refractivity contribution in [1.29, 1.82) is 5.26 Å². The van der Waals surface area contributed by atoms with Gasteiger partial charge in [-0.1, -0.05) is 6.07 Å². The van der Waals surface area contributed by atoms with Crippen molar-refractivity contribution in [1.82, 2.24) is 5.32 Å². The first-order valence-corrected chi connectivity index (χ1v) is 9.14. The Morgan fingerprint density at radius 1 is 1.22 bits per heavy atom. The largest absolute Gasteiger partial charge is 0.444 e. The number of benzene rings is 1. The molecule has 0 aliphatic carbocycles. The van der Waals surface area contributed by atoms with Gasteiger partial charge in [0.1, 0.15) is 5.60 Å². The van der Waals surface area contributed by atoms with Crippen LogP contribution in [0.2, 0.25) is 0 Å². The molecule has 140 valence electrons. The number of carbonyl (C=O) groups excluding carboxylic acids is 1. The molecule has 5 heteroatoms. The summed E-state index contributed by atoms with van der Waals surface area (Å²) in [6.45, 7) is 10.3. The van der Waals surface area contributed by atoms with Gasteiger partial charge in [-0.25, -0.2) is 4.79 Å². The summed E-state index contributed by atoms with van der Waals surface area (Å²) in [6.07, 6.45) is 2.03. The Balaban J connectivity index is 1.85. The van der Waals surface area contributed by atoms with Gasteiger partial charge in [-0.3, -0.25) is 0 Å². The van der Waals surface area contributed by atoms with E-state index in [0.717, 1.165) is 16.8 Å². The van der Waals surface area contributed by atoms with Gasteiger partial charge >= 0.3 is 6.09 Å². The Bertz CT molecular complexity index is 934. The van der Waals surface area contributed by atoms with Crippen molar-refractivity contribution < 1.29 is 14.1 Å². The van der Waals surface area contributed by atoms with E-state index in [1.54, 1.807) is 0 Å². The van der Waals surface area contributed by atoms with Crippen molar-refractivity contribution in [2.75, 3.05) is 0 Å². The van der Waals surface area contributed by atoms with Crippen LogP contribution < -0.4 is 9.88 Å². The molecule has 0 spiro atoms. The average molecular weight is 364 g/mol. The number of nitrogens with zero attached hydrogens (tertiary/aromatic N) is 2. The van der Waals surface area contributed by atoms with Gasteiger partial charge in [-0.15, -0.1) is 0 Å². The number of hydrogen-bond donors (Lipinski definition) is 1. The predicted octanol–water partition coefficient (Wildman–Crippen LogP) is 3.69. The number of nitriles is 1. The third kappa shape index (κ3) is 3.80. The molecular formula is C22H26N3O2+. The minimum Gasteiger partial charge on any atom is -0.444 e. The molecule has 0 unspecified atom stereocenters. The second kappa shape index (κ2) is 6.70. The lowest BCUT2D eigenvalue weighted by Crippen LogP contribution is -2.34. The van der Waals surface area contributed by atoms with Crippen LogP contribution in [-0.2, 0) is 23.1 Å². The zero-order chi connectivity index (χ0) is 19.8. The Morgan fingerprint density at radius 2 is 1.96 bits per heavy atom. The van der Waals surface area contributed by atoms with Crippen LogP contribution in [-0.4, -0.2) is 11.7 Å². The highest BCUT2D eigenvalue weighted by Crippen LogP contribution is 2.38. The number of rotatable bonds is 3. The maximum atomic E-state index is 11.9. The van der Waals surface area contributed by atoms with Crippen molar-refractivity contribution in [3.8, 4) is 11.8 Å². The molecule has 27 heavy (non-hydrogen) atoms. The number of alkyl carbamates (subject to hydrolysis) is 1. The van der Waals surface area contributed by atoms with E-state index in [4.69, 9.17) is 10.00 Å². The Kier molecular flexibility index (Phi) is 4.69. The lowest BCUT2D eigenvalue weighted by atomic mass is 9.82. The third-order valence-electron chi connectivity index (χ3n) is 4.77. The molecule has 0 bridgehead atoms. The molecular weight excluding hydrogens is 338 g/mol. The fourth-order valence-electron chi connectivity index (χ4n) is 3.47. The highest BCUT2D eigenvalue weighted by molar-refractivity contribution is 5.67. The smallest absolute Gasteiger partial charge is 0.407 e. The molecule has 0 saturated carbocycles. The van der Waals surface area contributed by atoms with E-state index >= 15 is 0 Å². The molecule has 1 aromatic heterocycles. The number of amides is 1. The predicted molar refractivity (Wildman–Crippen MR) is 102 cm³/mol. The fraction of sp³-hybridized carbons (Fsp3) is 0.409. The van der Waals surface area contributed by atoms with E-state index in [1.807, 2.05) is 39.1 Å². The Labute approximate surface area is 160 Å². The number of nitrogens with one attached hydrogen (secondary N) is 1. The summed E-state index contributed by atoms with van der Waals surface area (Å²) in [5, 5.41) is 11.8. The molecule has 1 aromatic carbocycles. The lowest BCUT2D eigenvalue weighted by Gasteiger charge is -2.20. The Morgan fingerprint density at radius 3 is 2.63 bits per heavy atom. The molecule has 2 heterocycles. The molecule has 3 rings (SSSR count).